The SMILES string of the molecule is CNC(c1cc(OC)cs1)c1ccc(C)c2ccccc12. The molecule has 0 saturated heterocycles. The van der Waals surface area contributed by atoms with E-state index in [9.17, 15) is 0 Å². The summed E-state index contributed by atoms with van der Waals surface area (Å²) in [5, 5.41) is 8.12. The van der Waals surface area contributed by atoms with E-state index in [1.54, 1.807) is 18.4 Å². The predicted octanol–water partition coefficient (Wildman–Crippen LogP) is 4.53. The molecule has 0 radical (unpaired) electrons. The van der Waals surface area contributed by atoms with Gasteiger partial charge in [0.1, 0.15) is 5.75 Å². The molecule has 0 aliphatic rings. The lowest BCUT2D eigenvalue weighted by atomic mass is 9.95. The van der Waals surface area contributed by atoms with Crippen LogP contribution in [0.3, 0.4) is 0 Å². The molecular formula is C18H19NOS. The van der Waals surface area contributed by atoms with Gasteiger partial charge < -0.3 is 10.1 Å². The molecule has 0 aliphatic heterocycles. The Bertz CT molecular complexity index is 763. The van der Waals surface area contributed by atoms with Gasteiger partial charge in [-0.25, -0.2) is 0 Å². The molecule has 3 heteroatoms. The lowest BCUT2D eigenvalue weighted by Gasteiger charge is -2.18. The number of fused-ring (bicyclic) bond motifs is 1. The summed E-state index contributed by atoms with van der Waals surface area (Å²) in [5.74, 6) is 0.923. The Balaban J connectivity index is 2.15. The van der Waals surface area contributed by atoms with Crippen molar-refractivity contribution in [3.8, 4) is 5.75 Å². The van der Waals surface area contributed by atoms with Gasteiger partial charge in [0.25, 0.3) is 0 Å². The fourth-order valence-corrected chi connectivity index (χ4v) is 3.75. The van der Waals surface area contributed by atoms with Gasteiger partial charge in [0, 0.05) is 10.3 Å². The van der Waals surface area contributed by atoms with Gasteiger partial charge in [-0.15, -0.1) is 11.3 Å². The minimum Gasteiger partial charge on any atom is -0.496 e. The minimum atomic E-state index is 0.185. The van der Waals surface area contributed by atoms with Gasteiger partial charge in [-0.3, -0.25) is 0 Å². The van der Waals surface area contributed by atoms with Gasteiger partial charge in [0.05, 0.1) is 13.2 Å². The third-order valence-electron chi connectivity index (χ3n) is 3.89. The van der Waals surface area contributed by atoms with Crippen molar-refractivity contribution in [2.24, 2.45) is 0 Å². The van der Waals surface area contributed by atoms with Gasteiger partial charge in [0.2, 0.25) is 0 Å². The molecule has 1 aromatic heterocycles. The van der Waals surface area contributed by atoms with Crippen molar-refractivity contribution in [2.45, 2.75) is 13.0 Å². The molecule has 1 atom stereocenters. The average Bonchev–Trinajstić information content (AvgIpc) is 2.99. The topological polar surface area (TPSA) is 21.3 Å². The maximum atomic E-state index is 5.31. The van der Waals surface area contributed by atoms with Crippen molar-refractivity contribution in [3.63, 3.8) is 0 Å². The van der Waals surface area contributed by atoms with Crippen LogP contribution in [0.4, 0.5) is 0 Å². The van der Waals surface area contributed by atoms with Crippen LogP contribution in [0.25, 0.3) is 10.8 Å². The molecule has 108 valence electrons. The fourth-order valence-electron chi connectivity index (χ4n) is 2.77. The Hall–Kier alpha value is -1.84. The first-order valence-corrected chi connectivity index (χ1v) is 7.90. The first kappa shape index (κ1) is 14.1. The second kappa shape index (κ2) is 5.88. The highest BCUT2D eigenvalue weighted by Crippen LogP contribution is 2.35. The number of nitrogens with one attached hydrogen (secondary N) is 1. The summed E-state index contributed by atoms with van der Waals surface area (Å²) in [5.41, 5.74) is 2.62. The van der Waals surface area contributed by atoms with Crippen LogP contribution in [0, 0.1) is 6.92 Å². The van der Waals surface area contributed by atoms with Crippen LogP contribution in [0.1, 0.15) is 22.0 Å². The molecule has 1 N–H and O–H groups in total. The highest BCUT2D eigenvalue weighted by molar-refractivity contribution is 7.10. The highest BCUT2D eigenvalue weighted by Gasteiger charge is 2.17. The Morgan fingerprint density at radius 2 is 1.86 bits per heavy atom. The van der Waals surface area contributed by atoms with Gasteiger partial charge in [-0.2, -0.15) is 0 Å². The summed E-state index contributed by atoms with van der Waals surface area (Å²) in [6.07, 6.45) is 0. The number of benzene rings is 2. The molecule has 0 fully saturated rings. The van der Waals surface area contributed by atoms with E-state index in [0.29, 0.717) is 0 Å². The molecule has 3 aromatic rings. The Labute approximate surface area is 129 Å². The number of aryl methyl sites for hydroxylation is 1. The number of ether oxygens (including phenoxy) is 1. The van der Waals surface area contributed by atoms with Crippen molar-refractivity contribution in [1.82, 2.24) is 5.32 Å². The quantitative estimate of drug-likeness (QED) is 0.764. The molecule has 0 bridgehead atoms. The lowest BCUT2D eigenvalue weighted by Crippen LogP contribution is -2.16. The molecule has 0 amide bonds. The van der Waals surface area contributed by atoms with Crippen LogP contribution in [0.2, 0.25) is 0 Å². The zero-order valence-corrected chi connectivity index (χ0v) is 13.3. The Kier molecular flexibility index (Phi) is 3.95. The molecule has 21 heavy (non-hydrogen) atoms. The Morgan fingerprint density at radius 3 is 2.52 bits per heavy atom. The normalized spacial score (nSPS) is 12.5. The minimum absolute atomic E-state index is 0.185. The van der Waals surface area contributed by atoms with E-state index >= 15 is 0 Å². The fraction of sp³-hybridized carbons (Fsp3) is 0.222. The van der Waals surface area contributed by atoms with Crippen LogP contribution >= 0.6 is 11.3 Å². The second-order valence-corrected chi connectivity index (χ2v) is 6.07. The van der Waals surface area contributed by atoms with Gasteiger partial charge in [0.15, 0.2) is 0 Å². The van der Waals surface area contributed by atoms with Crippen molar-refractivity contribution in [3.05, 3.63) is 63.8 Å². The number of hydrogen-bond donors (Lipinski definition) is 1. The highest BCUT2D eigenvalue weighted by atomic mass is 32.1. The van der Waals surface area contributed by atoms with Crippen molar-refractivity contribution < 1.29 is 4.74 Å². The maximum Gasteiger partial charge on any atom is 0.129 e. The average molecular weight is 297 g/mol. The zero-order valence-electron chi connectivity index (χ0n) is 12.5. The van der Waals surface area contributed by atoms with Crippen molar-refractivity contribution in [2.75, 3.05) is 14.2 Å². The van der Waals surface area contributed by atoms with Crippen LogP contribution in [-0.4, -0.2) is 14.2 Å². The van der Waals surface area contributed by atoms with E-state index in [0.717, 1.165) is 5.75 Å². The third-order valence-corrected chi connectivity index (χ3v) is 4.87. The largest absolute Gasteiger partial charge is 0.496 e. The number of hydrogen-bond acceptors (Lipinski definition) is 3. The Morgan fingerprint density at radius 1 is 1.10 bits per heavy atom. The van der Waals surface area contributed by atoms with E-state index in [1.165, 1.54) is 26.8 Å². The van der Waals surface area contributed by atoms with Gasteiger partial charge in [-0.05, 0) is 41.9 Å². The molecule has 0 saturated carbocycles. The molecular weight excluding hydrogens is 278 g/mol. The standard InChI is InChI=1S/C18H19NOS/c1-12-8-9-16(15-7-5-4-6-14(12)15)18(19-2)17-10-13(20-3)11-21-17/h4-11,18-19H,1-3H3. The lowest BCUT2D eigenvalue weighted by molar-refractivity contribution is 0.416. The van der Waals surface area contributed by atoms with Crippen molar-refractivity contribution >= 4 is 22.1 Å². The molecule has 2 aromatic carbocycles. The summed E-state index contributed by atoms with van der Waals surface area (Å²) < 4.78 is 5.31. The summed E-state index contributed by atoms with van der Waals surface area (Å²) in [4.78, 5) is 1.27. The van der Waals surface area contributed by atoms with E-state index in [-0.39, 0.29) is 6.04 Å². The van der Waals surface area contributed by atoms with Crippen LogP contribution in [0.5, 0.6) is 5.75 Å². The van der Waals surface area contributed by atoms with Gasteiger partial charge in [-0.1, -0.05) is 36.4 Å². The molecule has 0 spiro atoms. The second-order valence-electron chi connectivity index (χ2n) is 5.13. The first-order valence-electron chi connectivity index (χ1n) is 7.02. The summed E-state index contributed by atoms with van der Waals surface area (Å²) in [7, 11) is 3.72. The van der Waals surface area contributed by atoms with E-state index in [1.807, 2.05) is 7.05 Å². The number of rotatable bonds is 4. The van der Waals surface area contributed by atoms with E-state index in [4.69, 9.17) is 4.74 Å². The van der Waals surface area contributed by atoms with Crippen molar-refractivity contribution in [1.29, 1.82) is 0 Å². The molecule has 3 rings (SSSR count). The first-order chi connectivity index (χ1) is 10.2. The summed E-state index contributed by atoms with van der Waals surface area (Å²) in [6.45, 7) is 2.16. The zero-order chi connectivity index (χ0) is 14.8. The maximum absolute atomic E-state index is 5.31. The number of methoxy groups -OCH3 is 1. The van der Waals surface area contributed by atoms with E-state index in [2.05, 4.69) is 60.1 Å². The summed E-state index contributed by atoms with van der Waals surface area (Å²) in [6, 6.07) is 15.3. The van der Waals surface area contributed by atoms with Crippen LogP contribution in [-0.2, 0) is 0 Å². The van der Waals surface area contributed by atoms with Gasteiger partial charge >= 0.3 is 0 Å². The summed E-state index contributed by atoms with van der Waals surface area (Å²) >= 11 is 1.73. The van der Waals surface area contributed by atoms with E-state index < -0.39 is 0 Å². The predicted molar refractivity (Wildman–Crippen MR) is 90.5 cm³/mol. The monoisotopic (exact) mass is 297 g/mol. The molecule has 0 aliphatic carbocycles. The molecule has 2 nitrogen and oxygen atoms in total. The molecule has 1 unspecified atom stereocenters. The number of thiophene rings is 1. The van der Waals surface area contributed by atoms with Crippen LogP contribution < -0.4 is 10.1 Å². The third kappa shape index (κ3) is 2.55. The molecule has 1 heterocycles. The van der Waals surface area contributed by atoms with Crippen LogP contribution in [0.15, 0.2) is 47.8 Å². The smallest absolute Gasteiger partial charge is 0.129 e.